The molecule has 1 heterocycles. The van der Waals surface area contributed by atoms with E-state index in [4.69, 9.17) is 11.6 Å². The molecule has 1 aromatic heterocycles. The van der Waals surface area contributed by atoms with Gasteiger partial charge in [0.05, 0.1) is 0 Å². The van der Waals surface area contributed by atoms with Gasteiger partial charge in [0.25, 0.3) is 0 Å². The fourth-order valence-corrected chi connectivity index (χ4v) is 2.37. The van der Waals surface area contributed by atoms with Gasteiger partial charge in [0, 0.05) is 33.9 Å². The summed E-state index contributed by atoms with van der Waals surface area (Å²) in [4.78, 5) is 16.8. The summed E-state index contributed by atoms with van der Waals surface area (Å²) in [5, 5.41) is 2.55. The zero-order valence-electron chi connectivity index (χ0n) is 10.9. The number of hydrogen-bond donors (Lipinski definition) is 0. The standard InChI is InChI=1S/C17H12ClNO/c1-11-9-13(5-6-16(11)18)17(20)14-4-2-3-12-7-8-19-10-15(12)14/h2-10H,1H3. The van der Waals surface area contributed by atoms with E-state index in [9.17, 15) is 4.79 Å². The Hall–Kier alpha value is -2.19. The van der Waals surface area contributed by atoms with Crippen LogP contribution < -0.4 is 0 Å². The molecular formula is C17H12ClNO. The largest absolute Gasteiger partial charge is 0.289 e. The molecule has 0 amide bonds. The number of aryl methyl sites for hydroxylation is 1. The minimum atomic E-state index is -0.0108. The van der Waals surface area contributed by atoms with Gasteiger partial charge in [-0.3, -0.25) is 9.78 Å². The van der Waals surface area contributed by atoms with Gasteiger partial charge < -0.3 is 0 Å². The molecule has 98 valence electrons. The Morgan fingerprint density at radius 3 is 2.80 bits per heavy atom. The number of pyridine rings is 1. The van der Waals surface area contributed by atoms with E-state index >= 15 is 0 Å². The molecule has 0 aliphatic carbocycles. The third-order valence-electron chi connectivity index (χ3n) is 3.35. The molecule has 0 atom stereocenters. The average Bonchev–Trinajstić information content (AvgIpc) is 2.49. The highest BCUT2D eigenvalue weighted by Gasteiger charge is 2.13. The molecule has 3 aromatic rings. The van der Waals surface area contributed by atoms with Crippen LogP contribution in [0.25, 0.3) is 10.8 Å². The van der Waals surface area contributed by atoms with Crippen molar-refractivity contribution in [2.75, 3.05) is 0 Å². The Kier molecular flexibility index (Phi) is 3.25. The van der Waals surface area contributed by atoms with E-state index < -0.39 is 0 Å². The molecule has 0 aliphatic heterocycles. The molecule has 20 heavy (non-hydrogen) atoms. The number of carbonyl (C=O) groups is 1. The van der Waals surface area contributed by atoms with Gasteiger partial charge in [0.1, 0.15) is 0 Å². The van der Waals surface area contributed by atoms with Crippen LogP contribution in [0.5, 0.6) is 0 Å². The lowest BCUT2D eigenvalue weighted by atomic mass is 9.97. The van der Waals surface area contributed by atoms with E-state index in [0.717, 1.165) is 16.3 Å². The quantitative estimate of drug-likeness (QED) is 0.651. The number of benzene rings is 2. The van der Waals surface area contributed by atoms with Crippen LogP contribution in [0.3, 0.4) is 0 Å². The van der Waals surface area contributed by atoms with Crippen molar-refractivity contribution >= 4 is 28.2 Å². The van der Waals surface area contributed by atoms with Crippen LogP contribution in [0, 0.1) is 6.92 Å². The van der Waals surface area contributed by atoms with Gasteiger partial charge in [0.15, 0.2) is 5.78 Å². The number of ketones is 1. The van der Waals surface area contributed by atoms with E-state index in [-0.39, 0.29) is 5.78 Å². The lowest BCUT2D eigenvalue weighted by molar-refractivity contribution is 0.104. The zero-order chi connectivity index (χ0) is 14.1. The van der Waals surface area contributed by atoms with Crippen LogP contribution in [0.15, 0.2) is 54.9 Å². The Morgan fingerprint density at radius 1 is 1.15 bits per heavy atom. The van der Waals surface area contributed by atoms with Crippen molar-refractivity contribution < 1.29 is 4.79 Å². The number of rotatable bonds is 2. The van der Waals surface area contributed by atoms with Gasteiger partial charge >= 0.3 is 0 Å². The molecule has 0 fully saturated rings. The van der Waals surface area contributed by atoms with Crippen molar-refractivity contribution in [1.29, 1.82) is 0 Å². The van der Waals surface area contributed by atoms with E-state index in [0.29, 0.717) is 16.1 Å². The fourth-order valence-electron chi connectivity index (χ4n) is 2.25. The molecule has 0 spiro atoms. The van der Waals surface area contributed by atoms with Gasteiger partial charge in [-0.05, 0) is 42.1 Å². The van der Waals surface area contributed by atoms with E-state index in [1.807, 2.05) is 37.3 Å². The van der Waals surface area contributed by atoms with Crippen molar-refractivity contribution in [3.63, 3.8) is 0 Å². The molecule has 0 bridgehead atoms. The van der Waals surface area contributed by atoms with Crippen molar-refractivity contribution in [3.8, 4) is 0 Å². The van der Waals surface area contributed by atoms with Gasteiger partial charge in [-0.15, -0.1) is 0 Å². The van der Waals surface area contributed by atoms with Crippen LogP contribution in [-0.4, -0.2) is 10.8 Å². The van der Waals surface area contributed by atoms with Crippen molar-refractivity contribution in [3.05, 3.63) is 76.6 Å². The monoisotopic (exact) mass is 281 g/mol. The number of nitrogens with zero attached hydrogens (tertiary/aromatic N) is 1. The first-order valence-electron chi connectivity index (χ1n) is 6.30. The van der Waals surface area contributed by atoms with Crippen LogP contribution in [0.1, 0.15) is 21.5 Å². The lowest BCUT2D eigenvalue weighted by Gasteiger charge is -2.07. The summed E-state index contributed by atoms with van der Waals surface area (Å²) >= 11 is 6.01. The van der Waals surface area contributed by atoms with Crippen LogP contribution in [0.2, 0.25) is 5.02 Å². The highest BCUT2D eigenvalue weighted by atomic mass is 35.5. The van der Waals surface area contributed by atoms with Crippen LogP contribution in [0.4, 0.5) is 0 Å². The van der Waals surface area contributed by atoms with Crippen LogP contribution >= 0.6 is 11.6 Å². The molecule has 3 rings (SSSR count). The first-order valence-corrected chi connectivity index (χ1v) is 6.68. The molecule has 0 saturated heterocycles. The molecule has 0 saturated carbocycles. The average molecular weight is 282 g/mol. The van der Waals surface area contributed by atoms with Crippen molar-refractivity contribution in [2.24, 2.45) is 0 Å². The predicted octanol–water partition coefficient (Wildman–Crippen LogP) is 4.43. The summed E-state index contributed by atoms with van der Waals surface area (Å²) in [7, 11) is 0. The second kappa shape index (κ2) is 5.06. The molecule has 0 radical (unpaired) electrons. The number of halogens is 1. The third kappa shape index (κ3) is 2.19. The van der Waals surface area contributed by atoms with Gasteiger partial charge in [-0.1, -0.05) is 29.8 Å². The fraction of sp³-hybridized carbons (Fsp3) is 0.0588. The number of aromatic nitrogens is 1. The molecular weight excluding hydrogens is 270 g/mol. The molecule has 0 N–H and O–H groups in total. The first-order chi connectivity index (χ1) is 9.66. The minimum Gasteiger partial charge on any atom is -0.289 e. The highest BCUT2D eigenvalue weighted by Crippen LogP contribution is 2.23. The number of carbonyl (C=O) groups excluding carboxylic acids is 1. The second-order valence-electron chi connectivity index (χ2n) is 4.70. The molecule has 0 aliphatic rings. The summed E-state index contributed by atoms with van der Waals surface area (Å²) < 4.78 is 0. The molecule has 2 nitrogen and oxygen atoms in total. The highest BCUT2D eigenvalue weighted by molar-refractivity contribution is 6.31. The first kappa shape index (κ1) is 12.8. The Morgan fingerprint density at radius 2 is 2.00 bits per heavy atom. The van der Waals surface area contributed by atoms with Gasteiger partial charge in [0.2, 0.25) is 0 Å². The van der Waals surface area contributed by atoms with E-state index in [1.54, 1.807) is 24.5 Å². The van der Waals surface area contributed by atoms with Gasteiger partial charge in [-0.25, -0.2) is 0 Å². The van der Waals surface area contributed by atoms with E-state index in [1.165, 1.54) is 0 Å². The number of hydrogen-bond acceptors (Lipinski definition) is 2. The predicted molar refractivity (Wildman–Crippen MR) is 81.4 cm³/mol. The van der Waals surface area contributed by atoms with Crippen molar-refractivity contribution in [1.82, 2.24) is 4.98 Å². The lowest BCUT2D eigenvalue weighted by Crippen LogP contribution is -2.02. The van der Waals surface area contributed by atoms with Gasteiger partial charge in [-0.2, -0.15) is 0 Å². The Labute approximate surface area is 122 Å². The smallest absolute Gasteiger partial charge is 0.193 e. The second-order valence-corrected chi connectivity index (χ2v) is 5.10. The molecule has 3 heteroatoms. The zero-order valence-corrected chi connectivity index (χ0v) is 11.7. The summed E-state index contributed by atoms with van der Waals surface area (Å²) in [6, 6.07) is 12.9. The third-order valence-corrected chi connectivity index (χ3v) is 3.77. The maximum Gasteiger partial charge on any atom is 0.193 e. The molecule has 2 aromatic carbocycles. The Balaban J connectivity index is 2.15. The number of fused-ring (bicyclic) bond motifs is 1. The van der Waals surface area contributed by atoms with E-state index in [2.05, 4.69) is 4.98 Å². The molecule has 0 unspecified atom stereocenters. The maximum absolute atomic E-state index is 12.7. The summed E-state index contributed by atoms with van der Waals surface area (Å²) in [5.41, 5.74) is 2.21. The SMILES string of the molecule is Cc1cc(C(=O)c2cccc3ccncc23)ccc1Cl. The topological polar surface area (TPSA) is 30.0 Å². The summed E-state index contributed by atoms with van der Waals surface area (Å²) in [6.07, 6.45) is 3.45. The van der Waals surface area contributed by atoms with Crippen LogP contribution in [-0.2, 0) is 0 Å². The Bertz CT molecular complexity index is 806. The normalized spacial score (nSPS) is 10.7. The summed E-state index contributed by atoms with van der Waals surface area (Å²) in [6.45, 7) is 1.89. The summed E-state index contributed by atoms with van der Waals surface area (Å²) in [5.74, 6) is -0.0108. The van der Waals surface area contributed by atoms with Crippen molar-refractivity contribution in [2.45, 2.75) is 6.92 Å². The minimum absolute atomic E-state index is 0.0108. The maximum atomic E-state index is 12.7.